The molecule has 0 saturated heterocycles. The molecule has 4 nitrogen and oxygen atoms in total. The Hall–Kier alpha value is -0.460. The van der Waals surface area contributed by atoms with Gasteiger partial charge in [-0.05, 0) is 12.1 Å². The lowest BCUT2D eigenvalue weighted by atomic mass is 10.4. The molecule has 2 N–H and O–H groups in total. The molecule has 0 amide bonds. The molecule has 1 rings (SSSR count). The second-order valence-electron chi connectivity index (χ2n) is 3.83. The summed E-state index contributed by atoms with van der Waals surface area (Å²) in [7, 11) is 3.46. The van der Waals surface area contributed by atoms with Crippen LogP contribution in [0.3, 0.4) is 0 Å². The Morgan fingerprint density at radius 3 is 2.18 bits per heavy atom. The summed E-state index contributed by atoms with van der Waals surface area (Å²) in [4.78, 5) is 4.91. The molecule has 1 aromatic rings. The van der Waals surface area contributed by atoms with Crippen molar-refractivity contribution in [2.45, 2.75) is 13.1 Å². The highest BCUT2D eigenvalue weighted by molar-refractivity contribution is 7.11. The van der Waals surface area contributed by atoms with Crippen LogP contribution in [0.25, 0.3) is 0 Å². The van der Waals surface area contributed by atoms with Gasteiger partial charge in [0, 0.05) is 50.2 Å². The maximum Gasteiger partial charge on any atom is 0.0589 e. The summed E-state index contributed by atoms with van der Waals surface area (Å²) in [6.45, 7) is 4.92. The predicted octanol–water partition coefficient (Wildman–Crippen LogP) is 1.30. The van der Waals surface area contributed by atoms with Crippen molar-refractivity contribution in [3.8, 4) is 0 Å². The van der Waals surface area contributed by atoms with Crippen LogP contribution in [0.5, 0.6) is 0 Å². The number of thiophene rings is 1. The second kappa shape index (κ2) is 8.60. The van der Waals surface area contributed by atoms with Crippen LogP contribution in [0.2, 0.25) is 0 Å². The van der Waals surface area contributed by atoms with Gasteiger partial charge in [0.15, 0.2) is 0 Å². The van der Waals surface area contributed by atoms with Crippen molar-refractivity contribution in [2.75, 3.05) is 40.5 Å². The Labute approximate surface area is 107 Å². The normalized spacial score (nSPS) is 11.3. The Morgan fingerprint density at radius 1 is 1.12 bits per heavy atom. The van der Waals surface area contributed by atoms with Gasteiger partial charge in [-0.3, -0.25) is 4.90 Å². The van der Waals surface area contributed by atoms with Crippen LogP contribution in [0.4, 0.5) is 0 Å². The van der Waals surface area contributed by atoms with Crippen molar-refractivity contribution in [2.24, 2.45) is 5.73 Å². The highest BCUT2D eigenvalue weighted by Gasteiger charge is 2.07. The molecule has 0 fully saturated rings. The minimum absolute atomic E-state index is 0.626. The minimum Gasteiger partial charge on any atom is -0.383 e. The molecule has 0 aliphatic carbocycles. The molecule has 98 valence electrons. The third-order valence-corrected chi connectivity index (χ3v) is 3.61. The average Bonchev–Trinajstić information content (AvgIpc) is 2.80. The molecule has 5 heteroatoms. The first kappa shape index (κ1) is 14.6. The molecule has 0 aliphatic heterocycles. The summed E-state index contributed by atoms with van der Waals surface area (Å²) < 4.78 is 10.2. The van der Waals surface area contributed by atoms with Gasteiger partial charge in [-0.1, -0.05) is 0 Å². The summed E-state index contributed by atoms with van der Waals surface area (Å²) in [6.07, 6.45) is 0. The number of ether oxygens (including phenoxy) is 2. The minimum atomic E-state index is 0.626. The van der Waals surface area contributed by atoms with E-state index in [1.807, 2.05) is 0 Å². The molecule has 0 saturated carbocycles. The highest BCUT2D eigenvalue weighted by atomic mass is 32.1. The Morgan fingerprint density at radius 2 is 1.71 bits per heavy atom. The fourth-order valence-electron chi connectivity index (χ4n) is 1.55. The maximum atomic E-state index is 5.61. The van der Waals surface area contributed by atoms with Crippen LogP contribution in [0.1, 0.15) is 9.75 Å². The van der Waals surface area contributed by atoms with E-state index in [-0.39, 0.29) is 0 Å². The standard InChI is InChI=1S/C12H22N2O2S/c1-15-7-5-14(6-8-16-2)10-12-4-3-11(9-13)17-12/h3-4H,5-10,13H2,1-2H3. The maximum absolute atomic E-state index is 5.61. The molecule has 0 radical (unpaired) electrons. The first-order valence-corrected chi connectivity index (χ1v) is 6.59. The number of rotatable bonds is 9. The van der Waals surface area contributed by atoms with E-state index in [1.54, 1.807) is 25.6 Å². The number of methoxy groups -OCH3 is 2. The molecule has 1 aromatic heterocycles. The van der Waals surface area contributed by atoms with Crippen LogP contribution in [0.15, 0.2) is 12.1 Å². The second-order valence-corrected chi connectivity index (χ2v) is 5.09. The fraction of sp³-hybridized carbons (Fsp3) is 0.667. The molecular formula is C12H22N2O2S. The van der Waals surface area contributed by atoms with Gasteiger partial charge in [0.2, 0.25) is 0 Å². The van der Waals surface area contributed by atoms with Crippen molar-refractivity contribution >= 4 is 11.3 Å². The van der Waals surface area contributed by atoms with Crippen molar-refractivity contribution in [3.63, 3.8) is 0 Å². The summed E-state index contributed by atoms with van der Waals surface area (Å²) >= 11 is 1.78. The summed E-state index contributed by atoms with van der Waals surface area (Å²) in [6, 6.07) is 4.25. The number of hydrogen-bond donors (Lipinski definition) is 1. The molecule has 0 spiro atoms. The average molecular weight is 258 g/mol. The van der Waals surface area contributed by atoms with Gasteiger partial charge in [0.25, 0.3) is 0 Å². The third kappa shape index (κ3) is 5.61. The van der Waals surface area contributed by atoms with Crippen molar-refractivity contribution < 1.29 is 9.47 Å². The van der Waals surface area contributed by atoms with E-state index in [9.17, 15) is 0 Å². The lowest BCUT2D eigenvalue weighted by Crippen LogP contribution is -2.29. The lowest BCUT2D eigenvalue weighted by molar-refractivity contribution is 0.111. The van der Waals surface area contributed by atoms with Crippen LogP contribution in [0, 0.1) is 0 Å². The smallest absolute Gasteiger partial charge is 0.0589 e. The highest BCUT2D eigenvalue weighted by Crippen LogP contribution is 2.17. The third-order valence-electron chi connectivity index (χ3n) is 2.52. The van der Waals surface area contributed by atoms with Crippen molar-refractivity contribution in [1.29, 1.82) is 0 Å². The zero-order valence-electron chi connectivity index (χ0n) is 10.6. The van der Waals surface area contributed by atoms with Crippen LogP contribution < -0.4 is 5.73 Å². The van der Waals surface area contributed by atoms with E-state index >= 15 is 0 Å². The SMILES string of the molecule is COCCN(CCOC)Cc1ccc(CN)s1. The van der Waals surface area contributed by atoms with Crippen molar-refractivity contribution in [3.05, 3.63) is 21.9 Å². The van der Waals surface area contributed by atoms with E-state index in [1.165, 1.54) is 9.75 Å². The molecule has 17 heavy (non-hydrogen) atoms. The van der Waals surface area contributed by atoms with E-state index in [0.717, 1.165) is 32.8 Å². The Balaban J connectivity index is 2.45. The van der Waals surface area contributed by atoms with E-state index in [2.05, 4.69) is 17.0 Å². The fourth-order valence-corrected chi connectivity index (χ4v) is 2.49. The van der Waals surface area contributed by atoms with E-state index < -0.39 is 0 Å². The topological polar surface area (TPSA) is 47.7 Å². The quantitative estimate of drug-likeness (QED) is 0.725. The van der Waals surface area contributed by atoms with Crippen LogP contribution in [-0.2, 0) is 22.6 Å². The largest absolute Gasteiger partial charge is 0.383 e. The number of nitrogens with two attached hydrogens (primary N) is 1. The van der Waals surface area contributed by atoms with Gasteiger partial charge in [-0.2, -0.15) is 0 Å². The summed E-state index contributed by atoms with van der Waals surface area (Å²) in [5.41, 5.74) is 5.61. The molecule has 0 aliphatic rings. The number of hydrogen-bond acceptors (Lipinski definition) is 5. The monoisotopic (exact) mass is 258 g/mol. The first-order valence-electron chi connectivity index (χ1n) is 5.78. The molecule has 1 heterocycles. The predicted molar refractivity (Wildman–Crippen MR) is 71.2 cm³/mol. The van der Waals surface area contributed by atoms with Gasteiger partial charge in [0.1, 0.15) is 0 Å². The lowest BCUT2D eigenvalue weighted by Gasteiger charge is -2.20. The summed E-state index contributed by atoms with van der Waals surface area (Å²) in [5, 5.41) is 0. The van der Waals surface area contributed by atoms with Gasteiger partial charge in [-0.15, -0.1) is 11.3 Å². The van der Waals surface area contributed by atoms with Crippen molar-refractivity contribution in [1.82, 2.24) is 4.90 Å². The number of nitrogens with zero attached hydrogens (tertiary/aromatic N) is 1. The molecular weight excluding hydrogens is 236 g/mol. The Kier molecular flexibility index (Phi) is 7.39. The van der Waals surface area contributed by atoms with Gasteiger partial charge in [0.05, 0.1) is 13.2 Å². The first-order chi connectivity index (χ1) is 8.30. The molecule has 0 aromatic carbocycles. The van der Waals surface area contributed by atoms with Gasteiger partial charge in [-0.25, -0.2) is 0 Å². The summed E-state index contributed by atoms with van der Waals surface area (Å²) in [5.74, 6) is 0. The Bertz CT molecular complexity index is 296. The zero-order valence-corrected chi connectivity index (χ0v) is 11.5. The molecule has 0 unspecified atom stereocenters. The van der Waals surface area contributed by atoms with Gasteiger partial charge < -0.3 is 15.2 Å². The van der Waals surface area contributed by atoms with E-state index in [0.29, 0.717) is 6.54 Å². The van der Waals surface area contributed by atoms with E-state index in [4.69, 9.17) is 15.2 Å². The molecule has 0 bridgehead atoms. The van der Waals surface area contributed by atoms with Crippen LogP contribution in [-0.4, -0.2) is 45.4 Å². The van der Waals surface area contributed by atoms with Crippen LogP contribution >= 0.6 is 11.3 Å². The molecule has 0 atom stereocenters. The van der Waals surface area contributed by atoms with Gasteiger partial charge >= 0.3 is 0 Å². The zero-order chi connectivity index (χ0) is 12.5.